The molecular formula is C7H13FO. The van der Waals surface area contributed by atoms with Gasteiger partial charge in [-0.1, -0.05) is 13.0 Å². The van der Waals surface area contributed by atoms with E-state index < -0.39 is 6.17 Å². The highest BCUT2D eigenvalue weighted by atomic mass is 19.1. The molecule has 54 valence electrons. The first kappa shape index (κ1) is 8.63. The van der Waals surface area contributed by atoms with E-state index in [1.165, 1.54) is 6.08 Å². The van der Waals surface area contributed by atoms with Gasteiger partial charge in [0.05, 0.1) is 0 Å². The highest BCUT2D eigenvalue weighted by Crippen LogP contribution is 2.10. The zero-order valence-electron chi connectivity index (χ0n) is 5.68. The predicted octanol–water partition coefficient (Wildman–Crippen LogP) is 1.53. The van der Waals surface area contributed by atoms with Crippen LogP contribution in [0, 0.1) is 5.92 Å². The van der Waals surface area contributed by atoms with Crippen molar-refractivity contribution in [2.45, 2.75) is 19.5 Å². The van der Waals surface area contributed by atoms with Crippen LogP contribution in [0.15, 0.2) is 12.7 Å². The van der Waals surface area contributed by atoms with Gasteiger partial charge in [0.1, 0.15) is 6.17 Å². The monoisotopic (exact) mass is 132 g/mol. The maximum atomic E-state index is 12.6. The molecule has 0 saturated carbocycles. The summed E-state index contributed by atoms with van der Waals surface area (Å²) in [6.45, 7) is 4.98. The quantitative estimate of drug-likeness (QED) is 0.575. The third kappa shape index (κ3) is 3.25. The molecule has 0 bridgehead atoms. The molecule has 1 unspecified atom stereocenters. The Balaban J connectivity index is 3.44. The first-order valence-corrected chi connectivity index (χ1v) is 3.08. The molecule has 0 heterocycles. The van der Waals surface area contributed by atoms with E-state index >= 15 is 0 Å². The summed E-state index contributed by atoms with van der Waals surface area (Å²) >= 11 is 0. The van der Waals surface area contributed by atoms with Gasteiger partial charge in [-0.15, -0.1) is 6.58 Å². The second-order valence-corrected chi connectivity index (χ2v) is 2.20. The largest absolute Gasteiger partial charge is 0.396 e. The molecule has 0 aliphatic rings. The Morgan fingerprint density at radius 2 is 2.33 bits per heavy atom. The Morgan fingerprint density at radius 1 is 1.78 bits per heavy atom. The van der Waals surface area contributed by atoms with E-state index in [4.69, 9.17) is 5.11 Å². The van der Waals surface area contributed by atoms with Crippen LogP contribution >= 0.6 is 0 Å². The molecule has 1 nitrogen and oxygen atoms in total. The molecule has 0 saturated heterocycles. The van der Waals surface area contributed by atoms with Crippen LogP contribution in [-0.4, -0.2) is 17.9 Å². The fourth-order valence-electron chi connectivity index (χ4n) is 0.506. The summed E-state index contributed by atoms with van der Waals surface area (Å²) in [6, 6.07) is 0. The molecule has 1 N–H and O–H groups in total. The third-order valence-corrected chi connectivity index (χ3v) is 1.30. The Labute approximate surface area is 55.2 Å². The summed E-state index contributed by atoms with van der Waals surface area (Å²) in [5.74, 6) is -0.261. The Hall–Kier alpha value is -0.370. The lowest BCUT2D eigenvalue weighted by molar-refractivity contribution is 0.153. The summed E-state index contributed by atoms with van der Waals surface area (Å²) in [7, 11) is 0. The Kier molecular flexibility index (Phi) is 4.32. The van der Waals surface area contributed by atoms with Gasteiger partial charge < -0.3 is 5.11 Å². The standard InChI is InChI=1S/C7H13FO/c1-3-4-7(8)6(2)5-9/h3,6-7,9H,1,4-5H2,2H3/t6-,7?/m1/s1. The number of aliphatic hydroxyl groups is 1. The number of halogens is 1. The van der Waals surface area contributed by atoms with Gasteiger partial charge in [0.2, 0.25) is 0 Å². The van der Waals surface area contributed by atoms with Gasteiger partial charge >= 0.3 is 0 Å². The van der Waals surface area contributed by atoms with Crippen LogP contribution in [0.4, 0.5) is 4.39 Å². The second-order valence-electron chi connectivity index (χ2n) is 2.20. The zero-order chi connectivity index (χ0) is 7.28. The van der Waals surface area contributed by atoms with E-state index in [0.29, 0.717) is 6.42 Å². The SMILES string of the molecule is C=CCC(F)[C@H](C)CO. The molecule has 0 aromatic carbocycles. The van der Waals surface area contributed by atoms with Gasteiger partial charge in [0.15, 0.2) is 0 Å². The lowest BCUT2D eigenvalue weighted by Gasteiger charge is -2.10. The van der Waals surface area contributed by atoms with Crippen LogP contribution in [0.5, 0.6) is 0 Å². The molecule has 9 heavy (non-hydrogen) atoms. The van der Waals surface area contributed by atoms with E-state index in [0.717, 1.165) is 0 Å². The molecule has 2 heteroatoms. The van der Waals surface area contributed by atoms with Gasteiger partial charge in [-0.05, 0) is 6.42 Å². The van der Waals surface area contributed by atoms with Crippen molar-refractivity contribution in [2.24, 2.45) is 5.92 Å². The minimum Gasteiger partial charge on any atom is -0.396 e. The van der Waals surface area contributed by atoms with Crippen molar-refractivity contribution in [3.63, 3.8) is 0 Å². The molecule has 0 aliphatic heterocycles. The topological polar surface area (TPSA) is 20.2 Å². The van der Waals surface area contributed by atoms with E-state index in [-0.39, 0.29) is 12.5 Å². The van der Waals surface area contributed by atoms with Crippen LogP contribution in [0.3, 0.4) is 0 Å². The molecular weight excluding hydrogens is 119 g/mol. The van der Waals surface area contributed by atoms with Crippen molar-refractivity contribution in [3.8, 4) is 0 Å². The van der Waals surface area contributed by atoms with Gasteiger partial charge in [0, 0.05) is 12.5 Å². The molecule has 0 aromatic heterocycles. The molecule has 0 aliphatic carbocycles. The maximum absolute atomic E-state index is 12.6. The fraction of sp³-hybridized carbons (Fsp3) is 0.714. The van der Waals surface area contributed by atoms with Gasteiger partial charge in [0.25, 0.3) is 0 Å². The van der Waals surface area contributed by atoms with Gasteiger partial charge in [-0.2, -0.15) is 0 Å². The summed E-state index contributed by atoms with van der Waals surface area (Å²) in [5.41, 5.74) is 0. The normalized spacial score (nSPS) is 16.8. The lowest BCUT2D eigenvalue weighted by Crippen LogP contribution is -2.15. The Bertz CT molecular complexity index is 83.0. The highest BCUT2D eigenvalue weighted by Gasteiger charge is 2.12. The van der Waals surface area contributed by atoms with Gasteiger partial charge in [-0.25, -0.2) is 4.39 Å². The predicted molar refractivity (Wildman–Crippen MR) is 36.0 cm³/mol. The molecule has 2 atom stereocenters. The number of alkyl halides is 1. The van der Waals surface area contributed by atoms with E-state index in [1.807, 2.05) is 0 Å². The Morgan fingerprint density at radius 3 is 2.67 bits per heavy atom. The highest BCUT2D eigenvalue weighted by molar-refractivity contribution is 4.75. The average molecular weight is 132 g/mol. The summed E-state index contributed by atoms with van der Waals surface area (Å²) in [4.78, 5) is 0. The summed E-state index contributed by atoms with van der Waals surface area (Å²) < 4.78 is 12.6. The first-order chi connectivity index (χ1) is 4.22. The van der Waals surface area contributed by atoms with Gasteiger partial charge in [-0.3, -0.25) is 0 Å². The summed E-state index contributed by atoms with van der Waals surface area (Å²) in [5, 5.41) is 8.46. The van der Waals surface area contributed by atoms with Crippen LogP contribution in [0.25, 0.3) is 0 Å². The number of rotatable bonds is 4. The van der Waals surface area contributed by atoms with Crippen molar-refractivity contribution < 1.29 is 9.50 Å². The third-order valence-electron chi connectivity index (χ3n) is 1.30. The lowest BCUT2D eigenvalue weighted by atomic mass is 10.1. The number of allylic oxidation sites excluding steroid dienone is 1. The summed E-state index contributed by atoms with van der Waals surface area (Å²) in [6.07, 6.45) is 0.922. The van der Waals surface area contributed by atoms with E-state index in [9.17, 15) is 4.39 Å². The molecule has 0 aromatic rings. The van der Waals surface area contributed by atoms with Crippen LogP contribution < -0.4 is 0 Å². The number of hydrogen-bond donors (Lipinski definition) is 1. The van der Waals surface area contributed by atoms with Crippen molar-refractivity contribution in [1.29, 1.82) is 0 Å². The van der Waals surface area contributed by atoms with Crippen molar-refractivity contribution in [3.05, 3.63) is 12.7 Å². The molecule has 0 spiro atoms. The first-order valence-electron chi connectivity index (χ1n) is 3.08. The van der Waals surface area contributed by atoms with Crippen LogP contribution in [-0.2, 0) is 0 Å². The van der Waals surface area contributed by atoms with Crippen LogP contribution in [0.2, 0.25) is 0 Å². The fourth-order valence-corrected chi connectivity index (χ4v) is 0.506. The molecule has 0 fully saturated rings. The molecule has 0 radical (unpaired) electrons. The molecule has 0 rings (SSSR count). The average Bonchev–Trinajstić information content (AvgIpc) is 1.87. The van der Waals surface area contributed by atoms with E-state index in [2.05, 4.69) is 6.58 Å². The second kappa shape index (κ2) is 4.50. The smallest absolute Gasteiger partial charge is 0.108 e. The van der Waals surface area contributed by atoms with Crippen molar-refractivity contribution >= 4 is 0 Å². The van der Waals surface area contributed by atoms with Crippen molar-refractivity contribution in [2.75, 3.05) is 6.61 Å². The zero-order valence-corrected chi connectivity index (χ0v) is 5.68. The minimum absolute atomic E-state index is 0.0883. The minimum atomic E-state index is -0.938. The van der Waals surface area contributed by atoms with E-state index in [1.54, 1.807) is 6.92 Å². The molecule has 0 amide bonds. The van der Waals surface area contributed by atoms with Crippen LogP contribution in [0.1, 0.15) is 13.3 Å². The van der Waals surface area contributed by atoms with Crippen molar-refractivity contribution in [1.82, 2.24) is 0 Å². The number of hydrogen-bond acceptors (Lipinski definition) is 1. The maximum Gasteiger partial charge on any atom is 0.108 e. The number of aliphatic hydroxyl groups excluding tert-OH is 1.